The fourth-order valence-electron chi connectivity index (χ4n) is 2.01. The molecule has 0 bridgehead atoms. The minimum Gasteiger partial charge on any atom is -0.478 e. The number of nitrogens with zero attached hydrogens (tertiary/aromatic N) is 2. The van der Waals surface area contributed by atoms with Crippen molar-refractivity contribution < 1.29 is 18.3 Å². The zero-order chi connectivity index (χ0) is 13.2. The monoisotopic (exact) mass is 270 g/mol. The summed E-state index contributed by atoms with van der Waals surface area (Å²) in [6.07, 6.45) is 3.32. The Kier molecular flexibility index (Phi) is 3.51. The number of rotatable bonds is 2. The van der Waals surface area contributed by atoms with E-state index in [-0.39, 0.29) is 17.1 Å². The van der Waals surface area contributed by atoms with Crippen LogP contribution in [-0.2, 0) is 9.84 Å². The second-order valence-corrected chi connectivity index (χ2v) is 6.49. The second kappa shape index (κ2) is 4.93. The van der Waals surface area contributed by atoms with Crippen LogP contribution in [0, 0.1) is 0 Å². The van der Waals surface area contributed by atoms with Crippen LogP contribution in [0.1, 0.15) is 16.8 Å². The molecule has 18 heavy (non-hydrogen) atoms. The number of carbonyl (C=O) groups is 1. The molecule has 1 saturated heterocycles. The molecule has 7 heteroatoms. The number of hydrogen-bond donors (Lipinski definition) is 1. The zero-order valence-corrected chi connectivity index (χ0v) is 10.6. The fourth-order valence-corrected chi connectivity index (χ4v) is 3.28. The molecule has 1 aliphatic heterocycles. The standard InChI is InChI=1S/C11H14N2O4S/c14-11(15)9-8-12-3-2-10(9)13-4-1-6-18(16,17)7-5-13/h2-3,8H,1,4-7H2,(H,14,15). The Morgan fingerprint density at radius 3 is 2.83 bits per heavy atom. The Bertz CT molecular complexity index is 556. The highest BCUT2D eigenvalue weighted by Crippen LogP contribution is 2.21. The van der Waals surface area contributed by atoms with Crippen LogP contribution >= 0.6 is 0 Å². The van der Waals surface area contributed by atoms with Gasteiger partial charge in [0.05, 0.1) is 17.2 Å². The van der Waals surface area contributed by atoms with Gasteiger partial charge in [0, 0.05) is 25.5 Å². The van der Waals surface area contributed by atoms with Crippen LogP contribution in [0.4, 0.5) is 5.69 Å². The van der Waals surface area contributed by atoms with Gasteiger partial charge in [-0.2, -0.15) is 0 Å². The number of hydrogen-bond acceptors (Lipinski definition) is 5. The molecular weight excluding hydrogens is 256 g/mol. The van der Waals surface area contributed by atoms with Gasteiger partial charge in [0.1, 0.15) is 5.56 Å². The van der Waals surface area contributed by atoms with Crippen molar-refractivity contribution in [1.29, 1.82) is 0 Å². The first kappa shape index (κ1) is 12.8. The quantitative estimate of drug-likeness (QED) is 0.837. The summed E-state index contributed by atoms with van der Waals surface area (Å²) in [5, 5.41) is 9.08. The molecule has 98 valence electrons. The van der Waals surface area contributed by atoms with E-state index in [9.17, 15) is 13.2 Å². The Balaban J connectivity index is 2.29. The van der Waals surface area contributed by atoms with E-state index in [1.165, 1.54) is 12.4 Å². The molecule has 6 nitrogen and oxygen atoms in total. The molecule has 1 N–H and O–H groups in total. The van der Waals surface area contributed by atoms with E-state index >= 15 is 0 Å². The van der Waals surface area contributed by atoms with E-state index in [0.29, 0.717) is 25.2 Å². The number of carboxylic acids is 1. The molecule has 0 amide bonds. The minimum absolute atomic E-state index is 0.0639. The van der Waals surface area contributed by atoms with Gasteiger partial charge in [0.15, 0.2) is 9.84 Å². The maximum atomic E-state index is 11.5. The van der Waals surface area contributed by atoms with Crippen molar-refractivity contribution in [3.8, 4) is 0 Å². The largest absolute Gasteiger partial charge is 0.478 e. The molecule has 0 atom stereocenters. The Hall–Kier alpha value is -1.63. The minimum atomic E-state index is -3.00. The maximum absolute atomic E-state index is 11.5. The van der Waals surface area contributed by atoms with Gasteiger partial charge in [0.2, 0.25) is 0 Å². The molecule has 2 heterocycles. The lowest BCUT2D eigenvalue weighted by molar-refractivity contribution is 0.0697. The van der Waals surface area contributed by atoms with Crippen molar-refractivity contribution in [3.63, 3.8) is 0 Å². The molecule has 2 rings (SSSR count). The highest BCUT2D eigenvalue weighted by Gasteiger charge is 2.22. The lowest BCUT2D eigenvalue weighted by Gasteiger charge is -2.23. The van der Waals surface area contributed by atoms with Gasteiger partial charge in [-0.1, -0.05) is 0 Å². The Morgan fingerprint density at radius 2 is 2.11 bits per heavy atom. The van der Waals surface area contributed by atoms with Crippen molar-refractivity contribution in [1.82, 2.24) is 4.98 Å². The van der Waals surface area contributed by atoms with Crippen LogP contribution in [0.25, 0.3) is 0 Å². The summed E-state index contributed by atoms with van der Waals surface area (Å²) >= 11 is 0. The molecular formula is C11H14N2O4S. The van der Waals surface area contributed by atoms with Crippen LogP contribution in [-0.4, -0.2) is 49.1 Å². The zero-order valence-electron chi connectivity index (χ0n) is 9.74. The summed E-state index contributed by atoms with van der Waals surface area (Å²) in [5.74, 6) is -0.823. The summed E-state index contributed by atoms with van der Waals surface area (Å²) < 4.78 is 23.0. The lowest BCUT2D eigenvalue weighted by Crippen LogP contribution is -2.28. The molecule has 0 unspecified atom stereocenters. The number of pyridine rings is 1. The Labute approximate surface area is 105 Å². The number of aromatic carboxylic acids is 1. The van der Waals surface area contributed by atoms with E-state index in [2.05, 4.69) is 4.98 Å². The third-order valence-electron chi connectivity index (χ3n) is 2.92. The van der Waals surface area contributed by atoms with E-state index in [0.717, 1.165) is 0 Å². The van der Waals surface area contributed by atoms with Crippen molar-refractivity contribution in [2.24, 2.45) is 0 Å². The molecule has 0 aliphatic carbocycles. The van der Waals surface area contributed by atoms with Crippen LogP contribution < -0.4 is 4.90 Å². The van der Waals surface area contributed by atoms with Crippen LogP contribution in [0.5, 0.6) is 0 Å². The van der Waals surface area contributed by atoms with Crippen molar-refractivity contribution >= 4 is 21.5 Å². The third-order valence-corrected chi connectivity index (χ3v) is 4.64. The predicted molar refractivity (Wildman–Crippen MR) is 66.7 cm³/mol. The molecule has 1 aromatic rings. The molecule has 1 aromatic heterocycles. The number of anilines is 1. The molecule has 0 spiro atoms. The smallest absolute Gasteiger partial charge is 0.339 e. The molecule has 0 aromatic carbocycles. The second-order valence-electron chi connectivity index (χ2n) is 4.19. The summed E-state index contributed by atoms with van der Waals surface area (Å²) in [7, 11) is -3.00. The maximum Gasteiger partial charge on any atom is 0.339 e. The van der Waals surface area contributed by atoms with Crippen molar-refractivity contribution in [2.45, 2.75) is 6.42 Å². The van der Waals surface area contributed by atoms with Crippen molar-refractivity contribution in [2.75, 3.05) is 29.5 Å². The molecule has 0 radical (unpaired) electrons. The Morgan fingerprint density at radius 1 is 1.33 bits per heavy atom. The SMILES string of the molecule is O=C(O)c1cnccc1N1CCCS(=O)(=O)CC1. The van der Waals surface area contributed by atoms with Gasteiger partial charge >= 0.3 is 5.97 Å². The normalized spacial score (nSPS) is 19.2. The number of carboxylic acid groups (broad SMARTS) is 1. The first-order valence-electron chi connectivity index (χ1n) is 5.62. The van der Waals surface area contributed by atoms with Gasteiger partial charge < -0.3 is 10.0 Å². The van der Waals surface area contributed by atoms with Crippen molar-refractivity contribution in [3.05, 3.63) is 24.0 Å². The average Bonchev–Trinajstić information content (AvgIpc) is 2.50. The van der Waals surface area contributed by atoms with Crippen LogP contribution in [0.3, 0.4) is 0 Å². The summed E-state index contributed by atoms with van der Waals surface area (Å²) in [6.45, 7) is 0.871. The van der Waals surface area contributed by atoms with Gasteiger partial charge in [-0.3, -0.25) is 4.98 Å². The van der Waals surface area contributed by atoms with Gasteiger partial charge in [-0.25, -0.2) is 13.2 Å². The van der Waals surface area contributed by atoms with Crippen LogP contribution in [0.2, 0.25) is 0 Å². The first-order chi connectivity index (χ1) is 8.49. The van der Waals surface area contributed by atoms with Gasteiger partial charge in [-0.15, -0.1) is 0 Å². The van der Waals surface area contributed by atoms with E-state index < -0.39 is 15.8 Å². The topological polar surface area (TPSA) is 87.6 Å². The fraction of sp³-hybridized carbons (Fsp3) is 0.455. The molecule has 1 aliphatic rings. The summed E-state index contributed by atoms with van der Waals surface area (Å²) in [5.41, 5.74) is 0.645. The number of aromatic nitrogens is 1. The number of sulfone groups is 1. The van der Waals surface area contributed by atoms with Crippen LogP contribution in [0.15, 0.2) is 18.5 Å². The average molecular weight is 270 g/mol. The van der Waals surface area contributed by atoms with E-state index in [4.69, 9.17) is 5.11 Å². The van der Waals surface area contributed by atoms with Gasteiger partial charge in [0.25, 0.3) is 0 Å². The van der Waals surface area contributed by atoms with E-state index in [1.807, 2.05) is 0 Å². The van der Waals surface area contributed by atoms with Gasteiger partial charge in [-0.05, 0) is 12.5 Å². The lowest BCUT2D eigenvalue weighted by atomic mass is 10.2. The highest BCUT2D eigenvalue weighted by atomic mass is 32.2. The predicted octanol–water partition coefficient (Wildman–Crippen LogP) is 0.405. The third kappa shape index (κ3) is 2.79. The summed E-state index contributed by atoms with van der Waals surface area (Å²) in [6, 6.07) is 1.61. The highest BCUT2D eigenvalue weighted by molar-refractivity contribution is 7.91. The summed E-state index contributed by atoms with van der Waals surface area (Å²) in [4.78, 5) is 16.7. The van der Waals surface area contributed by atoms with E-state index in [1.54, 1.807) is 11.0 Å². The molecule has 1 fully saturated rings. The first-order valence-corrected chi connectivity index (χ1v) is 7.44. The molecule has 0 saturated carbocycles.